The molecule has 0 radical (unpaired) electrons. The molecule has 0 aliphatic heterocycles. The van der Waals surface area contributed by atoms with Gasteiger partial charge < -0.3 is 11.1 Å². The molecule has 3 N–H and O–H groups in total. The second-order valence-corrected chi connectivity index (χ2v) is 7.63. The lowest BCUT2D eigenvalue weighted by molar-refractivity contribution is -0.115. The topological polar surface area (TPSA) is 72.2 Å². The molecule has 0 heterocycles. The van der Waals surface area contributed by atoms with Gasteiger partial charge in [0.2, 0.25) is 11.8 Å². The number of nitrogens with two attached hydrogens (primary N) is 1. The van der Waals surface area contributed by atoms with Gasteiger partial charge in [-0.05, 0) is 81.1 Å². The highest BCUT2D eigenvalue weighted by atomic mass is 32.2. The van der Waals surface area contributed by atoms with Crippen molar-refractivity contribution in [2.75, 3.05) is 5.32 Å². The molecule has 5 heteroatoms. The van der Waals surface area contributed by atoms with E-state index in [2.05, 4.69) is 39.1 Å². The maximum atomic E-state index is 12.5. The third-order valence-electron chi connectivity index (χ3n) is 4.40. The van der Waals surface area contributed by atoms with E-state index in [9.17, 15) is 9.59 Å². The number of benzene rings is 2. The lowest BCUT2D eigenvalue weighted by Gasteiger charge is -2.18. The smallest absolute Gasteiger partial charge is 0.248 e. The van der Waals surface area contributed by atoms with Crippen LogP contribution >= 0.6 is 11.8 Å². The van der Waals surface area contributed by atoms with Crippen molar-refractivity contribution in [3.63, 3.8) is 0 Å². The zero-order valence-electron chi connectivity index (χ0n) is 15.3. The molecule has 1 atom stereocenters. The minimum absolute atomic E-state index is 0.0743. The van der Waals surface area contributed by atoms with E-state index in [1.165, 1.54) is 27.1 Å². The maximum absolute atomic E-state index is 12.5. The largest absolute Gasteiger partial charge is 0.366 e. The molecule has 0 aromatic heterocycles. The summed E-state index contributed by atoms with van der Waals surface area (Å²) >= 11 is 1.57. The summed E-state index contributed by atoms with van der Waals surface area (Å²) in [6.45, 7) is 10.3. The second kappa shape index (κ2) is 7.74. The number of aryl methyl sites for hydroxylation is 2. The summed E-state index contributed by atoms with van der Waals surface area (Å²) in [6, 6.07) is 8.76. The van der Waals surface area contributed by atoms with Crippen LogP contribution in [0.2, 0.25) is 0 Å². The quantitative estimate of drug-likeness (QED) is 0.791. The van der Waals surface area contributed by atoms with Crippen LogP contribution in [0.3, 0.4) is 0 Å². The molecule has 2 aromatic carbocycles. The zero-order chi connectivity index (χ0) is 18.7. The van der Waals surface area contributed by atoms with Gasteiger partial charge in [0.25, 0.3) is 0 Å². The minimum atomic E-state index is -0.484. The summed E-state index contributed by atoms with van der Waals surface area (Å²) in [4.78, 5) is 24.8. The first kappa shape index (κ1) is 19.1. The predicted octanol–water partition coefficient (Wildman–Crippen LogP) is 4.14. The van der Waals surface area contributed by atoms with E-state index in [0.29, 0.717) is 11.3 Å². The summed E-state index contributed by atoms with van der Waals surface area (Å²) in [5.41, 5.74) is 11.2. The van der Waals surface area contributed by atoms with Crippen LogP contribution in [0.25, 0.3) is 0 Å². The van der Waals surface area contributed by atoms with Crippen molar-refractivity contribution in [3.05, 3.63) is 58.1 Å². The molecule has 0 saturated heterocycles. The standard InChI is InChI=1S/C20H24N2O2S/c1-11-10-12(2)14(4)18(13(11)3)25-15(5)20(24)22-17-8-6-16(7-9-17)19(21)23/h6-10,15H,1-5H3,(H2,21,23)(H,22,24)/t15-/m0/s1. The van der Waals surface area contributed by atoms with Crippen LogP contribution in [0, 0.1) is 27.7 Å². The number of thioether (sulfide) groups is 1. The van der Waals surface area contributed by atoms with Gasteiger partial charge in [-0.1, -0.05) is 6.07 Å². The Labute approximate surface area is 153 Å². The number of rotatable bonds is 5. The van der Waals surface area contributed by atoms with Gasteiger partial charge in [-0.3, -0.25) is 9.59 Å². The molecule has 2 rings (SSSR count). The van der Waals surface area contributed by atoms with Gasteiger partial charge in [-0.2, -0.15) is 0 Å². The van der Waals surface area contributed by atoms with E-state index in [1.54, 1.807) is 36.0 Å². The Balaban J connectivity index is 2.12. The van der Waals surface area contributed by atoms with E-state index in [-0.39, 0.29) is 11.2 Å². The third kappa shape index (κ3) is 4.42. The monoisotopic (exact) mass is 356 g/mol. The third-order valence-corrected chi connectivity index (χ3v) is 5.81. The minimum Gasteiger partial charge on any atom is -0.366 e. The maximum Gasteiger partial charge on any atom is 0.248 e. The zero-order valence-corrected chi connectivity index (χ0v) is 16.1. The fraction of sp³-hybridized carbons (Fsp3) is 0.300. The van der Waals surface area contributed by atoms with Gasteiger partial charge in [0.1, 0.15) is 0 Å². The van der Waals surface area contributed by atoms with Crippen LogP contribution in [0.1, 0.15) is 39.5 Å². The van der Waals surface area contributed by atoms with E-state index >= 15 is 0 Å². The molecule has 0 aliphatic rings. The van der Waals surface area contributed by atoms with Gasteiger partial charge >= 0.3 is 0 Å². The van der Waals surface area contributed by atoms with Crippen LogP contribution in [-0.4, -0.2) is 17.1 Å². The van der Waals surface area contributed by atoms with Gasteiger partial charge in [-0.15, -0.1) is 11.8 Å². The molecular formula is C20H24N2O2S. The molecule has 0 saturated carbocycles. The first-order valence-electron chi connectivity index (χ1n) is 8.15. The average molecular weight is 356 g/mol. The number of nitrogens with one attached hydrogen (secondary N) is 1. The summed E-state index contributed by atoms with van der Waals surface area (Å²) in [7, 11) is 0. The number of anilines is 1. The molecule has 2 amide bonds. The molecule has 0 fully saturated rings. The van der Waals surface area contributed by atoms with Gasteiger partial charge in [0.15, 0.2) is 0 Å². The Morgan fingerprint density at radius 3 is 2.00 bits per heavy atom. The Morgan fingerprint density at radius 2 is 1.52 bits per heavy atom. The Kier molecular flexibility index (Phi) is 5.90. The predicted molar refractivity (Wildman–Crippen MR) is 104 cm³/mol. The SMILES string of the molecule is Cc1cc(C)c(C)c(S[C@@H](C)C(=O)Nc2ccc(C(N)=O)cc2)c1C. The molecular weight excluding hydrogens is 332 g/mol. The highest BCUT2D eigenvalue weighted by Gasteiger charge is 2.18. The molecule has 2 aromatic rings. The van der Waals surface area contributed by atoms with E-state index < -0.39 is 5.91 Å². The number of carbonyl (C=O) groups excluding carboxylic acids is 2. The summed E-state index contributed by atoms with van der Waals surface area (Å²) in [5, 5.41) is 2.64. The van der Waals surface area contributed by atoms with E-state index in [1.807, 2.05) is 6.92 Å². The Morgan fingerprint density at radius 1 is 1.00 bits per heavy atom. The number of hydrogen-bond acceptors (Lipinski definition) is 3. The van der Waals surface area contributed by atoms with E-state index in [0.717, 1.165) is 0 Å². The summed E-state index contributed by atoms with van der Waals surface area (Å²) in [5.74, 6) is -0.558. The molecule has 0 unspecified atom stereocenters. The number of carbonyl (C=O) groups is 2. The average Bonchev–Trinajstić information content (AvgIpc) is 2.57. The van der Waals surface area contributed by atoms with Crippen molar-refractivity contribution in [1.82, 2.24) is 0 Å². The van der Waals surface area contributed by atoms with Crippen LogP contribution in [0.4, 0.5) is 5.69 Å². The molecule has 0 bridgehead atoms. The van der Waals surface area contributed by atoms with E-state index in [4.69, 9.17) is 5.73 Å². The van der Waals surface area contributed by atoms with Gasteiger partial charge in [0, 0.05) is 16.1 Å². The van der Waals surface area contributed by atoms with Crippen LogP contribution in [-0.2, 0) is 4.79 Å². The first-order chi connectivity index (χ1) is 11.7. The normalized spacial score (nSPS) is 11.9. The molecule has 0 aliphatic carbocycles. The van der Waals surface area contributed by atoms with Crippen LogP contribution < -0.4 is 11.1 Å². The van der Waals surface area contributed by atoms with Crippen molar-refractivity contribution >= 4 is 29.3 Å². The molecule has 25 heavy (non-hydrogen) atoms. The molecule has 132 valence electrons. The molecule has 4 nitrogen and oxygen atoms in total. The highest BCUT2D eigenvalue weighted by Crippen LogP contribution is 2.33. The lowest BCUT2D eigenvalue weighted by Crippen LogP contribution is -2.22. The highest BCUT2D eigenvalue weighted by molar-refractivity contribution is 8.00. The number of primary amides is 1. The Hall–Kier alpha value is -2.27. The summed E-state index contributed by atoms with van der Waals surface area (Å²) in [6.07, 6.45) is 0. The van der Waals surface area contributed by atoms with Crippen LogP contribution in [0.15, 0.2) is 35.2 Å². The lowest BCUT2D eigenvalue weighted by atomic mass is 10.0. The van der Waals surface area contributed by atoms with Crippen molar-refractivity contribution < 1.29 is 9.59 Å². The summed E-state index contributed by atoms with van der Waals surface area (Å²) < 4.78 is 0. The van der Waals surface area contributed by atoms with Crippen LogP contribution in [0.5, 0.6) is 0 Å². The Bertz CT molecular complexity index is 787. The fourth-order valence-electron chi connectivity index (χ4n) is 2.55. The van der Waals surface area contributed by atoms with Crippen molar-refractivity contribution in [1.29, 1.82) is 0 Å². The molecule has 0 spiro atoms. The second-order valence-electron chi connectivity index (χ2n) is 6.28. The van der Waals surface area contributed by atoms with Gasteiger partial charge in [0.05, 0.1) is 5.25 Å². The van der Waals surface area contributed by atoms with Crippen molar-refractivity contribution in [3.8, 4) is 0 Å². The number of amides is 2. The fourth-order valence-corrected chi connectivity index (χ4v) is 3.74. The van der Waals surface area contributed by atoms with Crippen molar-refractivity contribution in [2.24, 2.45) is 5.73 Å². The van der Waals surface area contributed by atoms with Gasteiger partial charge in [-0.25, -0.2) is 0 Å². The number of hydrogen-bond donors (Lipinski definition) is 2. The van der Waals surface area contributed by atoms with Crippen molar-refractivity contribution in [2.45, 2.75) is 44.8 Å². The first-order valence-corrected chi connectivity index (χ1v) is 9.03.